The number of halogens is 2. The number of nitrogens with zero attached hydrogens (tertiary/aromatic N) is 3. The number of aromatic nitrogens is 1. The Bertz CT molecular complexity index is 728. The molecular weight excluding hydrogens is 272 g/mol. The number of rotatable bonds is 3. The fourth-order valence-electron chi connectivity index (χ4n) is 1.38. The zero-order valence-electron chi connectivity index (χ0n) is 9.71. The summed E-state index contributed by atoms with van der Waals surface area (Å²) in [5, 5.41) is 19.4. The summed E-state index contributed by atoms with van der Waals surface area (Å²) >= 11 is 0. The maximum atomic E-state index is 13.0. The predicted octanol–water partition coefficient (Wildman–Crippen LogP) is 2.93. The molecule has 8 heteroatoms. The molecule has 1 aromatic heterocycles. The summed E-state index contributed by atoms with van der Waals surface area (Å²) in [6.45, 7) is 0. The summed E-state index contributed by atoms with van der Waals surface area (Å²) < 4.78 is 30.8. The summed E-state index contributed by atoms with van der Waals surface area (Å²) in [5.74, 6) is -2.33. The Morgan fingerprint density at radius 1 is 1.25 bits per heavy atom. The summed E-state index contributed by atoms with van der Waals surface area (Å²) in [5.41, 5.74) is -0.903. The summed E-state index contributed by atoms with van der Waals surface area (Å²) in [6.07, 6.45) is 0. The van der Waals surface area contributed by atoms with Crippen LogP contribution >= 0.6 is 0 Å². The van der Waals surface area contributed by atoms with Gasteiger partial charge in [-0.15, -0.1) is 0 Å². The van der Waals surface area contributed by atoms with Gasteiger partial charge in [-0.25, -0.2) is 8.78 Å². The Morgan fingerprint density at radius 3 is 2.60 bits per heavy atom. The molecule has 0 unspecified atom stereocenters. The molecule has 0 bridgehead atoms. The van der Waals surface area contributed by atoms with Gasteiger partial charge in [0, 0.05) is 18.2 Å². The van der Waals surface area contributed by atoms with Crippen molar-refractivity contribution >= 4 is 5.69 Å². The highest BCUT2D eigenvalue weighted by Crippen LogP contribution is 2.25. The van der Waals surface area contributed by atoms with Crippen LogP contribution < -0.4 is 4.74 Å². The summed E-state index contributed by atoms with van der Waals surface area (Å²) in [6, 6.07) is 6.57. The van der Waals surface area contributed by atoms with Gasteiger partial charge in [0.2, 0.25) is 11.6 Å². The number of nitriles is 1. The molecule has 0 fully saturated rings. The van der Waals surface area contributed by atoms with E-state index in [2.05, 4.69) is 4.98 Å². The SMILES string of the molecule is N#Cc1nc(Oc2ccc(F)c(F)c2)ccc1[N+](=O)[O-]. The number of hydrogen-bond donors (Lipinski definition) is 0. The van der Waals surface area contributed by atoms with Crippen molar-refractivity contribution in [2.24, 2.45) is 0 Å². The predicted molar refractivity (Wildman–Crippen MR) is 62.0 cm³/mol. The number of nitro groups is 1. The molecule has 2 rings (SSSR count). The van der Waals surface area contributed by atoms with E-state index < -0.39 is 27.9 Å². The molecule has 0 N–H and O–H groups in total. The van der Waals surface area contributed by atoms with Crippen molar-refractivity contribution in [1.82, 2.24) is 4.98 Å². The topological polar surface area (TPSA) is 89.0 Å². The van der Waals surface area contributed by atoms with Crippen molar-refractivity contribution in [3.63, 3.8) is 0 Å². The molecule has 0 radical (unpaired) electrons. The first-order chi connectivity index (χ1) is 9.51. The van der Waals surface area contributed by atoms with Crippen molar-refractivity contribution in [1.29, 1.82) is 5.26 Å². The van der Waals surface area contributed by atoms with Crippen LogP contribution in [-0.2, 0) is 0 Å². The molecule has 6 nitrogen and oxygen atoms in total. The van der Waals surface area contributed by atoms with Gasteiger partial charge in [0.05, 0.1) is 4.92 Å². The van der Waals surface area contributed by atoms with Crippen LogP contribution in [0.1, 0.15) is 5.69 Å². The molecule has 0 saturated carbocycles. The van der Waals surface area contributed by atoms with Crippen molar-refractivity contribution < 1.29 is 18.4 Å². The standard InChI is InChI=1S/C12H5F2N3O3/c13-8-2-1-7(5-9(8)14)20-12-4-3-11(17(18)19)10(6-15)16-12/h1-5H. The first-order valence-electron chi connectivity index (χ1n) is 5.19. The Hall–Kier alpha value is -3.08. The van der Waals surface area contributed by atoms with E-state index in [1.165, 1.54) is 0 Å². The zero-order valence-corrected chi connectivity index (χ0v) is 9.71. The van der Waals surface area contributed by atoms with Crippen LogP contribution in [0.25, 0.3) is 0 Å². The Labute approximate surface area is 111 Å². The highest BCUT2D eigenvalue weighted by Gasteiger charge is 2.16. The van der Waals surface area contributed by atoms with E-state index in [-0.39, 0.29) is 11.6 Å². The largest absolute Gasteiger partial charge is 0.439 e. The lowest BCUT2D eigenvalue weighted by Crippen LogP contribution is -1.97. The van der Waals surface area contributed by atoms with E-state index in [0.717, 1.165) is 30.3 Å². The van der Waals surface area contributed by atoms with Crippen LogP contribution in [0.4, 0.5) is 14.5 Å². The number of benzene rings is 1. The third-order valence-corrected chi connectivity index (χ3v) is 2.26. The minimum atomic E-state index is -1.11. The fraction of sp³-hybridized carbons (Fsp3) is 0. The van der Waals surface area contributed by atoms with E-state index in [0.29, 0.717) is 0 Å². The van der Waals surface area contributed by atoms with Gasteiger partial charge < -0.3 is 4.74 Å². The fourth-order valence-corrected chi connectivity index (χ4v) is 1.38. The van der Waals surface area contributed by atoms with E-state index in [4.69, 9.17) is 10.00 Å². The second-order valence-electron chi connectivity index (χ2n) is 3.56. The summed E-state index contributed by atoms with van der Waals surface area (Å²) in [4.78, 5) is 13.5. The lowest BCUT2D eigenvalue weighted by molar-refractivity contribution is -0.385. The average molecular weight is 277 g/mol. The van der Waals surface area contributed by atoms with E-state index >= 15 is 0 Å². The van der Waals surface area contributed by atoms with Crippen LogP contribution in [-0.4, -0.2) is 9.91 Å². The highest BCUT2D eigenvalue weighted by atomic mass is 19.2. The maximum absolute atomic E-state index is 13.0. The van der Waals surface area contributed by atoms with Crippen LogP contribution in [0.2, 0.25) is 0 Å². The Balaban J connectivity index is 2.32. The van der Waals surface area contributed by atoms with Gasteiger partial charge in [-0.3, -0.25) is 10.1 Å². The minimum absolute atomic E-state index is 0.0471. The minimum Gasteiger partial charge on any atom is -0.439 e. The Kier molecular flexibility index (Phi) is 3.52. The molecule has 0 aliphatic rings. The van der Waals surface area contributed by atoms with Crippen LogP contribution in [0.5, 0.6) is 11.6 Å². The van der Waals surface area contributed by atoms with Crippen LogP contribution in [0, 0.1) is 33.1 Å². The molecule has 0 saturated heterocycles. The molecule has 100 valence electrons. The zero-order chi connectivity index (χ0) is 14.7. The monoisotopic (exact) mass is 277 g/mol. The van der Waals surface area contributed by atoms with Gasteiger partial charge in [0.15, 0.2) is 11.6 Å². The third-order valence-electron chi connectivity index (χ3n) is 2.26. The van der Waals surface area contributed by atoms with Crippen LogP contribution in [0.15, 0.2) is 30.3 Å². The van der Waals surface area contributed by atoms with Crippen molar-refractivity contribution in [2.75, 3.05) is 0 Å². The molecule has 0 atom stereocenters. The summed E-state index contributed by atoms with van der Waals surface area (Å²) in [7, 11) is 0. The second-order valence-corrected chi connectivity index (χ2v) is 3.56. The van der Waals surface area contributed by atoms with Crippen molar-refractivity contribution in [3.8, 4) is 17.7 Å². The van der Waals surface area contributed by atoms with Gasteiger partial charge in [0.25, 0.3) is 0 Å². The molecule has 20 heavy (non-hydrogen) atoms. The lowest BCUT2D eigenvalue weighted by Gasteiger charge is -2.05. The van der Waals surface area contributed by atoms with Crippen LogP contribution in [0.3, 0.4) is 0 Å². The second kappa shape index (κ2) is 5.27. The first kappa shape index (κ1) is 13.4. The number of pyridine rings is 1. The van der Waals surface area contributed by atoms with E-state index in [1.807, 2.05) is 0 Å². The average Bonchev–Trinajstić information content (AvgIpc) is 2.42. The molecule has 1 heterocycles. The van der Waals surface area contributed by atoms with Gasteiger partial charge in [-0.1, -0.05) is 0 Å². The quantitative estimate of drug-likeness (QED) is 0.635. The van der Waals surface area contributed by atoms with E-state index in [9.17, 15) is 18.9 Å². The molecule has 1 aromatic carbocycles. The van der Waals surface area contributed by atoms with Gasteiger partial charge >= 0.3 is 5.69 Å². The van der Waals surface area contributed by atoms with E-state index in [1.54, 1.807) is 6.07 Å². The van der Waals surface area contributed by atoms with Gasteiger partial charge in [-0.05, 0) is 12.1 Å². The highest BCUT2D eigenvalue weighted by molar-refractivity contribution is 5.45. The maximum Gasteiger partial charge on any atom is 0.305 e. The molecule has 0 aliphatic carbocycles. The lowest BCUT2D eigenvalue weighted by atomic mass is 10.3. The Morgan fingerprint density at radius 2 is 2.00 bits per heavy atom. The first-order valence-corrected chi connectivity index (χ1v) is 5.19. The molecule has 2 aromatic rings. The molecular formula is C12H5F2N3O3. The third kappa shape index (κ3) is 2.67. The van der Waals surface area contributed by atoms with Gasteiger partial charge in [0.1, 0.15) is 11.8 Å². The molecule has 0 aliphatic heterocycles. The number of hydrogen-bond acceptors (Lipinski definition) is 5. The van der Waals surface area contributed by atoms with Crippen molar-refractivity contribution in [3.05, 3.63) is 57.8 Å². The van der Waals surface area contributed by atoms with Crippen molar-refractivity contribution in [2.45, 2.75) is 0 Å². The smallest absolute Gasteiger partial charge is 0.305 e. The molecule has 0 amide bonds. The van der Waals surface area contributed by atoms with Gasteiger partial charge in [-0.2, -0.15) is 10.2 Å². The molecule has 0 spiro atoms. The normalized spacial score (nSPS) is 9.85. The number of ether oxygens (including phenoxy) is 1.